The van der Waals surface area contributed by atoms with Gasteiger partial charge in [-0.15, -0.1) is 0 Å². The quantitative estimate of drug-likeness (QED) is 0.664. The topological polar surface area (TPSA) is 88.8 Å². The number of benzene rings is 1. The van der Waals surface area contributed by atoms with E-state index in [1.807, 2.05) is 0 Å². The van der Waals surface area contributed by atoms with Crippen molar-refractivity contribution in [3.8, 4) is 0 Å². The molecule has 26 heavy (non-hydrogen) atoms. The van der Waals surface area contributed by atoms with E-state index in [9.17, 15) is 23.2 Å². The number of hydrogen-bond donors (Lipinski definition) is 1. The summed E-state index contributed by atoms with van der Waals surface area (Å²) in [5.74, 6) is -3.51. The Morgan fingerprint density at radius 1 is 1.27 bits per heavy atom. The van der Waals surface area contributed by atoms with Crippen LogP contribution in [0.2, 0.25) is 0 Å². The van der Waals surface area contributed by atoms with Gasteiger partial charge < -0.3 is 14.5 Å². The Balaban J connectivity index is 1.91. The van der Waals surface area contributed by atoms with Gasteiger partial charge in [0.15, 0.2) is 11.6 Å². The van der Waals surface area contributed by atoms with Crippen molar-refractivity contribution in [2.75, 3.05) is 7.11 Å². The Kier molecular flexibility index (Phi) is 4.23. The molecule has 7 nitrogen and oxygen atoms in total. The monoisotopic (exact) mass is 364 g/mol. The number of rotatable bonds is 4. The first kappa shape index (κ1) is 17.6. The molecule has 0 spiro atoms. The number of methoxy groups -OCH3 is 1. The molecule has 0 radical (unpaired) electrons. The highest BCUT2D eigenvalue weighted by molar-refractivity contribution is 6.07. The van der Waals surface area contributed by atoms with Gasteiger partial charge in [-0.3, -0.25) is 9.69 Å². The van der Waals surface area contributed by atoms with E-state index in [1.165, 1.54) is 32.4 Å². The number of esters is 1. The zero-order chi connectivity index (χ0) is 19.1. The zero-order valence-electron chi connectivity index (χ0n) is 13.8. The highest BCUT2D eigenvalue weighted by Gasteiger charge is 2.49. The maximum absolute atomic E-state index is 13.5. The van der Waals surface area contributed by atoms with E-state index >= 15 is 0 Å². The van der Waals surface area contributed by atoms with E-state index in [1.54, 1.807) is 0 Å². The number of ether oxygens (including phenoxy) is 1. The van der Waals surface area contributed by atoms with Crippen LogP contribution < -0.4 is 5.32 Å². The lowest BCUT2D eigenvalue weighted by Crippen LogP contribution is -2.41. The number of nitrogens with one attached hydrogen (secondary N) is 1. The van der Waals surface area contributed by atoms with Gasteiger partial charge in [-0.1, -0.05) is 6.07 Å². The second-order valence-corrected chi connectivity index (χ2v) is 5.82. The first-order valence-corrected chi connectivity index (χ1v) is 7.52. The average Bonchev–Trinajstić information content (AvgIpc) is 3.16. The van der Waals surface area contributed by atoms with Gasteiger partial charge >= 0.3 is 12.0 Å². The van der Waals surface area contributed by atoms with Crippen LogP contribution in [0.5, 0.6) is 0 Å². The van der Waals surface area contributed by atoms with E-state index in [-0.39, 0.29) is 23.4 Å². The summed E-state index contributed by atoms with van der Waals surface area (Å²) < 4.78 is 36.5. The van der Waals surface area contributed by atoms with Crippen LogP contribution in [0.1, 0.15) is 28.6 Å². The van der Waals surface area contributed by atoms with Gasteiger partial charge in [-0.05, 0) is 30.7 Å². The van der Waals surface area contributed by atoms with E-state index in [0.717, 1.165) is 17.0 Å². The molecule has 2 heterocycles. The van der Waals surface area contributed by atoms with E-state index in [2.05, 4.69) is 10.1 Å². The van der Waals surface area contributed by atoms with Crippen molar-refractivity contribution in [3.63, 3.8) is 0 Å². The number of amides is 3. The number of urea groups is 1. The molecule has 1 unspecified atom stereocenters. The van der Waals surface area contributed by atoms with Gasteiger partial charge in [0.1, 0.15) is 16.9 Å². The summed E-state index contributed by atoms with van der Waals surface area (Å²) in [7, 11) is 1.19. The van der Waals surface area contributed by atoms with Crippen LogP contribution in [0.3, 0.4) is 0 Å². The van der Waals surface area contributed by atoms with Crippen LogP contribution in [0.25, 0.3) is 0 Å². The Labute approximate surface area is 146 Å². The minimum Gasteiger partial charge on any atom is -0.467 e. The number of carbonyl (C=O) groups excluding carboxylic acids is 3. The lowest BCUT2D eigenvalue weighted by Gasteiger charge is -2.22. The van der Waals surface area contributed by atoms with Crippen molar-refractivity contribution >= 4 is 17.9 Å². The van der Waals surface area contributed by atoms with Crippen LogP contribution in [-0.2, 0) is 21.6 Å². The van der Waals surface area contributed by atoms with Crippen molar-refractivity contribution in [1.82, 2.24) is 10.2 Å². The smallest absolute Gasteiger partial charge is 0.341 e. The molecule has 1 aromatic carbocycles. The normalized spacial score (nSPS) is 19.6. The van der Waals surface area contributed by atoms with Crippen LogP contribution in [-0.4, -0.2) is 29.9 Å². The molecule has 3 amide bonds. The van der Waals surface area contributed by atoms with E-state index in [0.29, 0.717) is 0 Å². The highest BCUT2D eigenvalue weighted by atomic mass is 19.2. The van der Waals surface area contributed by atoms with Crippen molar-refractivity contribution in [3.05, 3.63) is 59.1 Å². The molecule has 0 aliphatic carbocycles. The van der Waals surface area contributed by atoms with Gasteiger partial charge in [-0.2, -0.15) is 0 Å². The first-order chi connectivity index (χ1) is 12.3. The summed E-state index contributed by atoms with van der Waals surface area (Å²) in [6.07, 6.45) is 1.23. The molecule has 1 N–H and O–H groups in total. The fraction of sp³-hybridized carbons (Fsp3) is 0.235. The maximum atomic E-state index is 13.5. The Morgan fingerprint density at radius 2 is 2.00 bits per heavy atom. The highest BCUT2D eigenvalue weighted by Crippen LogP contribution is 2.31. The van der Waals surface area contributed by atoms with Gasteiger partial charge in [0.25, 0.3) is 5.91 Å². The number of furan rings is 1. The fourth-order valence-corrected chi connectivity index (χ4v) is 2.74. The van der Waals surface area contributed by atoms with Crippen molar-refractivity contribution in [2.45, 2.75) is 19.0 Å². The number of imide groups is 1. The molecule has 1 aliphatic heterocycles. The van der Waals surface area contributed by atoms with Crippen LogP contribution in [0.4, 0.5) is 13.6 Å². The summed E-state index contributed by atoms with van der Waals surface area (Å²) in [5.41, 5.74) is -1.41. The molecule has 1 fully saturated rings. The van der Waals surface area contributed by atoms with Gasteiger partial charge in [0, 0.05) is 0 Å². The lowest BCUT2D eigenvalue weighted by atomic mass is 9.92. The standard InChI is InChI=1S/C17H14F2N2O5/c1-17(9-3-4-11(18)12(19)7-9)15(23)21(16(24)20-17)8-13-10(5-6-26-13)14(22)25-2/h3-7H,8H2,1-2H3,(H,20,24). The second-order valence-electron chi connectivity index (χ2n) is 5.82. The SMILES string of the molecule is COC(=O)c1ccoc1CN1C(=O)NC(C)(c2ccc(F)c(F)c2)C1=O. The maximum Gasteiger partial charge on any atom is 0.341 e. The number of hydrogen-bond acceptors (Lipinski definition) is 5. The molecule has 1 aromatic heterocycles. The molecule has 136 valence electrons. The van der Waals surface area contributed by atoms with Gasteiger partial charge in [-0.25, -0.2) is 18.4 Å². The summed E-state index contributed by atoms with van der Waals surface area (Å²) in [4.78, 5) is 37.6. The molecule has 3 rings (SSSR count). The van der Waals surface area contributed by atoms with Crippen molar-refractivity contribution < 1.29 is 32.3 Å². The van der Waals surface area contributed by atoms with E-state index < -0.39 is 35.1 Å². The van der Waals surface area contributed by atoms with Gasteiger partial charge in [0.2, 0.25) is 0 Å². The number of halogens is 2. The minimum absolute atomic E-state index is 0.0647. The predicted octanol–water partition coefficient (Wildman–Crippen LogP) is 2.31. The molecule has 9 heteroatoms. The molecular weight excluding hydrogens is 350 g/mol. The number of nitrogens with zero attached hydrogens (tertiary/aromatic N) is 1. The van der Waals surface area contributed by atoms with Crippen molar-refractivity contribution in [1.29, 1.82) is 0 Å². The Morgan fingerprint density at radius 3 is 2.65 bits per heavy atom. The third-order valence-corrected chi connectivity index (χ3v) is 4.22. The molecular formula is C17H14F2N2O5. The summed E-state index contributed by atoms with van der Waals surface area (Å²) in [6, 6.07) is 3.54. The second kappa shape index (κ2) is 6.25. The molecule has 0 bridgehead atoms. The van der Waals surface area contributed by atoms with Crippen molar-refractivity contribution in [2.24, 2.45) is 0 Å². The largest absolute Gasteiger partial charge is 0.467 e. The fourth-order valence-electron chi connectivity index (χ4n) is 2.74. The van der Waals surface area contributed by atoms with Crippen LogP contribution >= 0.6 is 0 Å². The predicted molar refractivity (Wildman–Crippen MR) is 82.8 cm³/mol. The molecule has 1 saturated heterocycles. The first-order valence-electron chi connectivity index (χ1n) is 7.52. The summed E-state index contributed by atoms with van der Waals surface area (Å²) in [5, 5.41) is 2.46. The molecule has 1 atom stereocenters. The van der Waals surface area contributed by atoms with E-state index in [4.69, 9.17) is 4.42 Å². The lowest BCUT2D eigenvalue weighted by molar-refractivity contribution is -0.131. The molecule has 1 aliphatic rings. The number of carbonyl (C=O) groups is 3. The minimum atomic E-state index is -1.58. The summed E-state index contributed by atoms with van der Waals surface area (Å²) >= 11 is 0. The Hall–Kier alpha value is -3.23. The zero-order valence-corrected chi connectivity index (χ0v) is 13.8. The summed E-state index contributed by atoms with van der Waals surface area (Å²) in [6.45, 7) is 1.06. The van der Waals surface area contributed by atoms with Gasteiger partial charge in [0.05, 0.1) is 19.9 Å². The third kappa shape index (κ3) is 2.71. The average molecular weight is 364 g/mol. The van der Waals surface area contributed by atoms with Crippen LogP contribution in [0.15, 0.2) is 34.9 Å². The third-order valence-electron chi connectivity index (χ3n) is 4.22. The Bertz CT molecular complexity index is 910. The molecule has 0 saturated carbocycles. The molecule has 2 aromatic rings. The van der Waals surface area contributed by atoms with Crippen LogP contribution in [0, 0.1) is 11.6 Å².